The minimum absolute atomic E-state index is 0.784. The molecule has 3 aromatic rings. The summed E-state index contributed by atoms with van der Waals surface area (Å²) < 4.78 is 5.73. The molecule has 2 heterocycles. The van der Waals surface area contributed by atoms with E-state index in [0.717, 1.165) is 27.1 Å². The number of thioether (sulfide) groups is 1. The summed E-state index contributed by atoms with van der Waals surface area (Å²) >= 11 is 1.57. The Hall–Kier alpha value is -1.55. The molecule has 3 nitrogen and oxygen atoms in total. The highest BCUT2D eigenvalue weighted by Gasteiger charge is 2.11. The van der Waals surface area contributed by atoms with Crippen LogP contribution in [0.25, 0.3) is 22.1 Å². The summed E-state index contributed by atoms with van der Waals surface area (Å²) in [6.45, 7) is 0. The van der Waals surface area contributed by atoms with Crippen molar-refractivity contribution in [1.29, 1.82) is 0 Å². The van der Waals surface area contributed by atoms with E-state index in [2.05, 4.69) is 9.97 Å². The lowest BCUT2D eigenvalue weighted by atomic mass is 10.2. The van der Waals surface area contributed by atoms with Gasteiger partial charge < -0.3 is 4.42 Å². The third kappa shape index (κ3) is 1.22. The van der Waals surface area contributed by atoms with E-state index in [4.69, 9.17) is 4.42 Å². The number of hydrogen-bond donors (Lipinski definition) is 0. The Morgan fingerprint density at radius 1 is 1.20 bits per heavy atom. The highest BCUT2D eigenvalue weighted by molar-refractivity contribution is 7.98. The molecule has 0 amide bonds. The average molecular weight is 216 g/mol. The van der Waals surface area contributed by atoms with Crippen LogP contribution in [0.5, 0.6) is 0 Å². The molecule has 0 N–H and O–H groups in total. The molecule has 0 spiro atoms. The summed E-state index contributed by atoms with van der Waals surface area (Å²) in [6.07, 6.45) is 3.56. The molecule has 0 aliphatic rings. The van der Waals surface area contributed by atoms with Gasteiger partial charge in [-0.3, -0.25) is 0 Å². The van der Waals surface area contributed by atoms with Gasteiger partial charge in [0, 0.05) is 5.39 Å². The Balaban J connectivity index is 2.53. The molecule has 0 saturated carbocycles. The zero-order chi connectivity index (χ0) is 10.3. The molecule has 4 heteroatoms. The number of benzene rings is 1. The molecule has 0 atom stereocenters. The minimum atomic E-state index is 0.784. The van der Waals surface area contributed by atoms with Gasteiger partial charge in [-0.2, -0.15) is 0 Å². The van der Waals surface area contributed by atoms with Crippen molar-refractivity contribution < 1.29 is 4.42 Å². The molecule has 0 bridgehead atoms. The summed E-state index contributed by atoms with van der Waals surface area (Å²) in [4.78, 5) is 8.44. The van der Waals surface area contributed by atoms with E-state index >= 15 is 0 Å². The predicted molar refractivity (Wildman–Crippen MR) is 61.1 cm³/mol. The van der Waals surface area contributed by atoms with Gasteiger partial charge in [0.05, 0.1) is 0 Å². The van der Waals surface area contributed by atoms with Crippen molar-refractivity contribution in [3.05, 3.63) is 30.6 Å². The fraction of sp³-hybridized carbons (Fsp3) is 0.0909. The van der Waals surface area contributed by atoms with Crippen LogP contribution in [0.1, 0.15) is 0 Å². The van der Waals surface area contributed by atoms with E-state index in [1.807, 2.05) is 30.5 Å². The monoisotopic (exact) mass is 216 g/mol. The van der Waals surface area contributed by atoms with Gasteiger partial charge in [-0.05, 0) is 18.4 Å². The molecule has 0 fully saturated rings. The van der Waals surface area contributed by atoms with Crippen molar-refractivity contribution in [2.24, 2.45) is 0 Å². The SMILES string of the molecule is CSc1ncnc2c1oc1ccccc12. The van der Waals surface area contributed by atoms with E-state index in [9.17, 15) is 0 Å². The van der Waals surface area contributed by atoms with Crippen molar-refractivity contribution in [2.75, 3.05) is 6.26 Å². The summed E-state index contributed by atoms with van der Waals surface area (Å²) in [5.41, 5.74) is 2.54. The zero-order valence-electron chi connectivity index (χ0n) is 8.10. The molecule has 15 heavy (non-hydrogen) atoms. The molecule has 0 radical (unpaired) electrons. The predicted octanol–water partition coefficient (Wildman–Crippen LogP) is 3.10. The van der Waals surface area contributed by atoms with Gasteiger partial charge >= 0.3 is 0 Å². The number of aromatic nitrogens is 2. The van der Waals surface area contributed by atoms with Gasteiger partial charge in [0.15, 0.2) is 5.58 Å². The first-order valence-corrected chi connectivity index (χ1v) is 5.79. The first kappa shape index (κ1) is 8.73. The van der Waals surface area contributed by atoms with Crippen LogP contribution >= 0.6 is 11.8 Å². The Morgan fingerprint density at radius 3 is 2.93 bits per heavy atom. The Labute approximate surface area is 90.5 Å². The first-order chi connectivity index (χ1) is 7.40. The lowest BCUT2D eigenvalue weighted by Gasteiger charge is -1.93. The second-order valence-corrected chi connectivity index (χ2v) is 3.95. The number of hydrogen-bond acceptors (Lipinski definition) is 4. The van der Waals surface area contributed by atoms with Gasteiger partial charge in [-0.25, -0.2) is 9.97 Å². The second kappa shape index (κ2) is 3.24. The number of para-hydroxylation sites is 1. The van der Waals surface area contributed by atoms with Gasteiger partial charge in [0.25, 0.3) is 0 Å². The molecule has 0 unspecified atom stereocenters. The number of furan rings is 1. The van der Waals surface area contributed by atoms with Crippen LogP contribution in [0, 0.1) is 0 Å². The summed E-state index contributed by atoms with van der Waals surface area (Å²) in [6, 6.07) is 7.90. The smallest absolute Gasteiger partial charge is 0.186 e. The fourth-order valence-electron chi connectivity index (χ4n) is 1.65. The summed E-state index contributed by atoms with van der Waals surface area (Å²) in [5.74, 6) is 0. The van der Waals surface area contributed by atoms with Crippen molar-refractivity contribution in [3.63, 3.8) is 0 Å². The van der Waals surface area contributed by atoms with Gasteiger partial charge in [-0.15, -0.1) is 11.8 Å². The largest absolute Gasteiger partial charge is 0.451 e. The highest BCUT2D eigenvalue weighted by atomic mass is 32.2. The molecule has 3 rings (SSSR count). The van der Waals surface area contributed by atoms with Crippen LogP contribution in [-0.4, -0.2) is 16.2 Å². The van der Waals surface area contributed by atoms with Gasteiger partial charge in [0.2, 0.25) is 0 Å². The average Bonchev–Trinajstić information content (AvgIpc) is 2.67. The maximum Gasteiger partial charge on any atom is 0.186 e. The Bertz CT molecular complexity index is 633. The van der Waals surface area contributed by atoms with Crippen LogP contribution in [0.3, 0.4) is 0 Å². The minimum Gasteiger partial charge on any atom is -0.451 e. The van der Waals surface area contributed by atoms with E-state index in [1.165, 1.54) is 0 Å². The number of nitrogens with zero attached hydrogens (tertiary/aromatic N) is 2. The molecular weight excluding hydrogens is 208 g/mol. The fourth-order valence-corrected chi connectivity index (χ4v) is 2.12. The van der Waals surface area contributed by atoms with Crippen LogP contribution in [0.2, 0.25) is 0 Å². The Morgan fingerprint density at radius 2 is 2.07 bits per heavy atom. The van der Waals surface area contributed by atoms with Crippen LogP contribution < -0.4 is 0 Å². The normalized spacial score (nSPS) is 11.3. The molecule has 0 saturated heterocycles. The topological polar surface area (TPSA) is 38.9 Å². The van der Waals surface area contributed by atoms with E-state index in [0.29, 0.717) is 0 Å². The van der Waals surface area contributed by atoms with Crippen LogP contribution in [0.15, 0.2) is 40.0 Å². The molecule has 74 valence electrons. The maximum atomic E-state index is 5.73. The van der Waals surface area contributed by atoms with E-state index in [-0.39, 0.29) is 0 Å². The van der Waals surface area contributed by atoms with E-state index in [1.54, 1.807) is 18.1 Å². The third-order valence-corrected chi connectivity index (χ3v) is 3.00. The molecule has 2 aromatic heterocycles. The Kier molecular flexibility index (Phi) is 1.89. The molecule has 0 aliphatic carbocycles. The molecular formula is C11H8N2OS. The number of rotatable bonds is 1. The second-order valence-electron chi connectivity index (χ2n) is 3.16. The van der Waals surface area contributed by atoms with Crippen molar-refractivity contribution >= 4 is 33.8 Å². The number of fused-ring (bicyclic) bond motifs is 3. The van der Waals surface area contributed by atoms with Gasteiger partial charge in [-0.1, -0.05) is 12.1 Å². The standard InChI is InChI=1S/C11H8N2OS/c1-15-11-10-9(12-6-13-11)7-4-2-3-5-8(7)14-10/h2-6H,1H3. The molecule has 0 aliphatic heterocycles. The molecule has 1 aromatic carbocycles. The lowest BCUT2D eigenvalue weighted by molar-refractivity contribution is 0.653. The van der Waals surface area contributed by atoms with Crippen LogP contribution in [-0.2, 0) is 0 Å². The summed E-state index contributed by atoms with van der Waals surface area (Å²) in [7, 11) is 0. The first-order valence-electron chi connectivity index (χ1n) is 4.56. The zero-order valence-corrected chi connectivity index (χ0v) is 8.91. The maximum absolute atomic E-state index is 5.73. The summed E-state index contributed by atoms with van der Waals surface area (Å²) in [5, 5.41) is 1.93. The van der Waals surface area contributed by atoms with Crippen molar-refractivity contribution in [1.82, 2.24) is 9.97 Å². The van der Waals surface area contributed by atoms with Gasteiger partial charge in [0.1, 0.15) is 22.5 Å². The van der Waals surface area contributed by atoms with Crippen molar-refractivity contribution in [3.8, 4) is 0 Å². The third-order valence-electron chi connectivity index (χ3n) is 2.32. The van der Waals surface area contributed by atoms with E-state index < -0.39 is 0 Å². The van der Waals surface area contributed by atoms with Crippen LogP contribution in [0.4, 0.5) is 0 Å². The lowest BCUT2D eigenvalue weighted by Crippen LogP contribution is -1.81. The van der Waals surface area contributed by atoms with Crippen molar-refractivity contribution in [2.45, 2.75) is 5.03 Å². The quantitative estimate of drug-likeness (QED) is 0.463. The highest BCUT2D eigenvalue weighted by Crippen LogP contribution is 2.31.